The Morgan fingerprint density at radius 1 is 1.20 bits per heavy atom. The van der Waals surface area contributed by atoms with E-state index in [4.69, 9.17) is 9.84 Å². The van der Waals surface area contributed by atoms with Gasteiger partial charge in [0.25, 0.3) is 5.91 Å². The first-order valence-electron chi connectivity index (χ1n) is 8.97. The monoisotopic (exact) mass is 341 g/mol. The average Bonchev–Trinajstić information content (AvgIpc) is 2.78. The summed E-state index contributed by atoms with van der Waals surface area (Å²) in [5.74, 6) is 0.0661. The molecule has 1 aliphatic rings. The number of amides is 1. The first-order chi connectivity index (χ1) is 11.9. The van der Waals surface area contributed by atoms with E-state index in [2.05, 4.69) is 12.1 Å². The molecule has 0 aliphatic carbocycles. The summed E-state index contributed by atoms with van der Waals surface area (Å²) in [6, 6.07) is 10.3. The summed E-state index contributed by atoms with van der Waals surface area (Å²) >= 11 is 0. The summed E-state index contributed by atoms with van der Waals surface area (Å²) < 4.78 is 7.62. The van der Waals surface area contributed by atoms with Crippen molar-refractivity contribution in [3.8, 4) is 11.3 Å². The van der Waals surface area contributed by atoms with Gasteiger partial charge in [-0.1, -0.05) is 30.3 Å². The Bertz CT molecular complexity index is 750. The summed E-state index contributed by atoms with van der Waals surface area (Å²) in [5, 5.41) is 4.74. The molecule has 0 spiro atoms. The average molecular weight is 341 g/mol. The number of aryl methyl sites for hydroxylation is 1. The summed E-state index contributed by atoms with van der Waals surface area (Å²) in [5.41, 5.74) is 3.89. The van der Waals surface area contributed by atoms with Crippen molar-refractivity contribution in [3.05, 3.63) is 41.6 Å². The maximum Gasteiger partial charge on any atom is 0.254 e. The number of fused-ring (bicyclic) bond motifs is 1. The fraction of sp³-hybridized carbons (Fsp3) is 0.500. The number of rotatable bonds is 4. The van der Waals surface area contributed by atoms with Crippen molar-refractivity contribution in [2.75, 3.05) is 19.7 Å². The van der Waals surface area contributed by atoms with Crippen molar-refractivity contribution < 1.29 is 9.53 Å². The molecule has 3 rings (SSSR count). The lowest BCUT2D eigenvalue weighted by Gasteiger charge is -2.31. The van der Waals surface area contributed by atoms with Crippen LogP contribution in [0.3, 0.4) is 0 Å². The van der Waals surface area contributed by atoms with Crippen molar-refractivity contribution >= 4 is 5.91 Å². The van der Waals surface area contributed by atoms with E-state index in [1.54, 1.807) is 0 Å². The second-order valence-electron chi connectivity index (χ2n) is 7.00. The highest BCUT2D eigenvalue weighted by molar-refractivity contribution is 5.84. The molecule has 1 aliphatic heterocycles. The molecule has 2 aromatic rings. The molecule has 5 nitrogen and oxygen atoms in total. The molecule has 0 atom stereocenters. The van der Waals surface area contributed by atoms with E-state index in [0.717, 1.165) is 24.1 Å². The van der Waals surface area contributed by atoms with Gasteiger partial charge in [-0.25, -0.2) is 0 Å². The van der Waals surface area contributed by atoms with E-state index in [0.29, 0.717) is 19.7 Å². The smallest absolute Gasteiger partial charge is 0.254 e. The number of carbonyl (C=O) groups is 1. The number of aromatic nitrogens is 2. The Morgan fingerprint density at radius 3 is 2.56 bits per heavy atom. The van der Waals surface area contributed by atoms with Crippen LogP contribution in [0.5, 0.6) is 0 Å². The van der Waals surface area contributed by atoms with Crippen molar-refractivity contribution in [3.63, 3.8) is 0 Å². The molecule has 1 amide bonds. The number of nitrogens with zero attached hydrogens (tertiary/aromatic N) is 3. The lowest BCUT2D eigenvalue weighted by atomic mass is 10.0. The molecule has 134 valence electrons. The Labute approximate surface area is 149 Å². The van der Waals surface area contributed by atoms with Gasteiger partial charge in [-0.05, 0) is 27.2 Å². The standard InChI is InChI=1S/C20H27N3O2/c1-5-25-20(2,3)19(24)23-13-11-16-17(12-14-23)22(4)21-18(16)15-9-7-6-8-10-15/h6-10H,5,11-14H2,1-4H3. The van der Waals surface area contributed by atoms with Crippen LogP contribution in [-0.4, -0.2) is 45.9 Å². The zero-order valence-corrected chi connectivity index (χ0v) is 15.6. The van der Waals surface area contributed by atoms with E-state index in [1.807, 2.05) is 55.6 Å². The molecule has 1 aromatic heterocycles. The van der Waals surface area contributed by atoms with Gasteiger partial charge in [-0.3, -0.25) is 9.48 Å². The van der Waals surface area contributed by atoms with Crippen LogP contribution in [0.4, 0.5) is 0 Å². The van der Waals surface area contributed by atoms with Gasteiger partial charge in [0, 0.05) is 50.0 Å². The topological polar surface area (TPSA) is 47.4 Å². The molecule has 0 fully saturated rings. The van der Waals surface area contributed by atoms with Crippen LogP contribution in [-0.2, 0) is 29.4 Å². The van der Waals surface area contributed by atoms with Crippen molar-refractivity contribution in [2.24, 2.45) is 7.05 Å². The highest BCUT2D eigenvalue weighted by atomic mass is 16.5. The maximum atomic E-state index is 12.9. The quantitative estimate of drug-likeness (QED) is 0.859. The predicted molar refractivity (Wildman–Crippen MR) is 98.3 cm³/mol. The molecule has 5 heteroatoms. The minimum Gasteiger partial charge on any atom is -0.366 e. The highest BCUT2D eigenvalue weighted by Crippen LogP contribution is 2.28. The van der Waals surface area contributed by atoms with Crippen LogP contribution in [0.2, 0.25) is 0 Å². The first-order valence-corrected chi connectivity index (χ1v) is 8.97. The van der Waals surface area contributed by atoms with E-state index in [1.165, 1.54) is 11.3 Å². The van der Waals surface area contributed by atoms with Crippen LogP contribution >= 0.6 is 0 Å². The van der Waals surface area contributed by atoms with Crippen molar-refractivity contribution in [1.29, 1.82) is 0 Å². The van der Waals surface area contributed by atoms with Crippen molar-refractivity contribution in [2.45, 2.75) is 39.2 Å². The third-order valence-electron chi connectivity index (χ3n) is 4.88. The second kappa shape index (κ2) is 7.00. The molecular weight excluding hydrogens is 314 g/mol. The van der Waals surface area contributed by atoms with Gasteiger partial charge in [0.2, 0.25) is 0 Å². The zero-order valence-electron chi connectivity index (χ0n) is 15.6. The highest BCUT2D eigenvalue weighted by Gasteiger charge is 2.34. The molecule has 0 bridgehead atoms. The Hall–Kier alpha value is -2.14. The normalized spacial score (nSPS) is 15.0. The van der Waals surface area contributed by atoms with Gasteiger partial charge >= 0.3 is 0 Å². The first kappa shape index (κ1) is 17.7. The van der Waals surface area contributed by atoms with Gasteiger partial charge in [0.15, 0.2) is 0 Å². The maximum absolute atomic E-state index is 12.9. The fourth-order valence-electron chi connectivity index (χ4n) is 3.61. The SMILES string of the molecule is CCOC(C)(C)C(=O)N1CCc2c(-c3ccccc3)nn(C)c2CC1. The number of hydrogen-bond donors (Lipinski definition) is 0. The molecule has 0 saturated carbocycles. The van der Waals surface area contributed by atoms with Crippen LogP contribution < -0.4 is 0 Å². The van der Waals surface area contributed by atoms with Crippen LogP contribution in [0.1, 0.15) is 32.0 Å². The summed E-state index contributed by atoms with van der Waals surface area (Å²) in [6.07, 6.45) is 1.64. The molecule has 0 radical (unpaired) electrons. The largest absolute Gasteiger partial charge is 0.366 e. The Morgan fingerprint density at radius 2 is 1.88 bits per heavy atom. The predicted octanol–water partition coefficient (Wildman–Crippen LogP) is 2.83. The molecule has 25 heavy (non-hydrogen) atoms. The van der Waals surface area contributed by atoms with Gasteiger partial charge < -0.3 is 9.64 Å². The van der Waals surface area contributed by atoms with Gasteiger partial charge in [0.1, 0.15) is 5.60 Å². The Kier molecular flexibility index (Phi) is 4.95. The van der Waals surface area contributed by atoms with Gasteiger partial charge in [0.05, 0.1) is 5.69 Å². The van der Waals surface area contributed by atoms with E-state index < -0.39 is 5.60 Å². The minimum atomic E-state index is -0.772. The number of carbonyl (C=O) groups excluding carboxylic acids is 1. The summed E-state index contributed by atoms with van der Waals surface area (Å²) in [7, 11) is 1.99. The Balaban J connectivity index is 1.85. The van der Waals surface area contributed by atoms with E-state index in [9.17, 15) is 4.79 Å². The summed E-state index contributed by atoms with van der Waals surface area (Å²) in [6.45, 7) is 7.58. The molecule has 0 N–H and O–H groups in total. The minimum absolute atomic E-state index is 0.0661. The third-order valence-corrected chi connectivity index (χ3v) is 4.88. The molecule has 0 unspecified atom stereocenters. The number of hydrogen-bond acceptors (Lipinski definition) is 3. The summed E-state index contributed by atoms with van der Waals surface area (Å²) in [4.78, 5) is 14.8. The van der Waals surface area contributed by atoms with Gasteiger partial charge in [-0.2, -0.15) is 5.10 Å². The number of ether oxygens (including phenoxy) is 1. The van der Waals surface area contributed by atoms with Gasteiger partial charge in [-0.15, -0.1) is 0 Å². The van der Waals surface area contributed by atoms with E-state index >= 15 is 0 Å². The van der Waals surface area contributed by atoms with Crippen molar-refractivity contribution in [1.82, 2.24) is 14.7 Å². The zero-order chi connectivity index (χ0) is 18.0. The lowest BCUT2D eigenvalue weighted by molar-refractivity contribution is -0.153. The third kappa shape index (κ3) is 3.47. The molecule has 0 saturated heterocycles. The second-order valence-corrected chi connectivity index (χ2v) is 7.00. The van der Waals surface area contributed by atoms with E-state index in [-0.39, 0.29) is 5.91 Å². The number of benzene rings is 1. The van der Waals surface area contributed by atoms with Crippen LogP contribution in [0.25, 0.3) is 11.3 Å². The molecular formula is C20H27N3O2. The molecule has 2 heterocycles. The molecule has 1 aromatic carbocycles. The fourth-order valence-corrected chi connectivity index (χ4v) is 3.61. The van der Waals surface area contributed by atoms with Crippen LogP contribution in [0.15, 0.2) is 30.3 Å². The lowest BCUT2D eigenvalue weighted by Crippen LogP contribution is -2.48. The van der Waals surface area contributed by atoms with Crippen LogP contribution in [0, 0.1) is 0 Å².